The van der Waals surface area contributed by atoms with E-state index in [2.05, 4.69) is 10.3 Å². The van der Waals surface area contributed by atoms with Gasteiger partial charge in [0, 0.05) is 30.2 Å². The van der Waals surface area contributed by atoms with Crippen molar-refractivity contribution < 1.29 is 4.92 Å². The molecule has 1 aromatic carbocycles. The average molecular weight is 230 g/mol. The summed E-state index contributed by atoms with van der Waals surface area (Å²) in [5.74, 6) is 0. The van der Waals surface area contributed by atoms with Gasteiger partial charge in [0.2, 0.25) is 0 Å². The molecule has 0 unspecified atom stereocenters. The minimum atomic E-state index is -0.480. The zero-order valence-electron chi connectivity index (χ0n) is 8.83. The van der Waals surface area contributed by atoms with Crippen molar-refractivity contribution in [1.29, 1.82) is 0 Å². The Morgan fingerprint density at radius 2 is 1.94 bits per heavy atom. The van der Waals surface area contributed by atoms with Gasteiger partial charge in [-0.2, -0.15) is 0 Å². The van der Waals surface area contributed by atoms with E-state index in [0.29, 0.717) is 11.4 Å². The quantitative estimate of drug-likeness (QED) is 0.479. The van der Waals surface area contributed by atoms with Gasteiger partial charge < -0.3 is 11.1 Å². The molecule has 1 heterocycles. The van der Waals surface area contributed by atoms with Crippen LogP contribution in [0.15, 0.2) is 42.7 Å². The van der Waals surface area contributed by atoms with Crippen LogP contribution in [0.1, 0.15) is 0 Å². The lowest BCUT2D eigenvalue weighted by atomic mass is 10.2. The highest BCUT2D eigenvalue weighted by molar-refractivity contribution is 5.74. The molecule has 2 rings (SSSR count). The molecule has 0 aliphatic heterocycles. The second kappa shape index (κ2) is 4.48. The van der Waals surface area contributed by atoms with Gasteiger partial charge in [-0.25, -0.2) is 0 Å². The van der Waals surface area contributed by atoms with Crippen LogP contribution in [-0.4, -0.2) is 9.91 Å². The van der Waals surface area contributed by atoms with Crippen molar-refractivity contribution in [3.05, 3.63) is 52.8 Å². The summed E-state index contributed by atoms with van der Waals surface area (Å²) in [6, 6.07) is 7.86. The fourth-order valence-electron chi connectivity index (χ4n) is 1.37. The number of aromatic nitrogens is 1. The van der Waals surface area contributed by atoms with E-state index in [9.17, 15) is 10.1 Å². The van der Waals surface area contributed by atoms with Crippen LogP contribution in [0.3, 0.4) is 0 Å². The zero-order valence-corrected chi connectivity index (χ0v) is 8.83. The van der Waals surface area contributed by atoms with Gasteiger partial charge in [0.05, 0.1) is 16.3 Å². The van der Waals surface area contributed by atoms with Crippen LogP contribution in [0.4, 0.5) is 22.7 Å². The molecule has 6 heteroatoms. The van der Waals surface area contributed by atoms with Crippen LogP contribution >= 0.6 is 0 Å². The highest BCUT2D eigenvalue weighted by atomic mass is 16.6. The molecule has 86 valence electrons. The molecular weight excluding hydrogens is 220 g/mol. The van der Waals surface area contributed by atoms with Crippen LogP contribution in [0.5, 0.6) is 0 Å². The van der Waals surface area contributed by atoms with Gasteiger partial charge >= 0.3 is 0 Å². The minimum absolute atomic E-state index is 0.0252. The van der Waals surface area contributed by atoms with Gasteiger partial charge in [-0.05, 0) is 18.2 Å². The normalized spacial score (nSPS) is 9.88. The number of anilines is 3. The SMILES string of the molecule is Nc1cc([N+](=O)[O-])ccc1Nc1ccncc1. The first-order chi connectivity index (χ1) is 8.16. The molecule has 0 atom stereocenters. The van der Waals surface area contributed by atoms with E-state index in [4.69, 9.17) is 5.73 Å². The third kappa shape index (κ3) is 2.49. The van der Waals surface area contributed by atoms with Crippen LogP contribution in [0.2, 0.25) is 0 Å². The number of nitrogen functional groups attached to an aromatic ring is 1. The molecule has 0 aliphatic carbocycles. The van der Waals surface area contributed by atoms with Crippen LogP contribution in [-0.2, 0) is 0 Å². The topological polar surface area (TPSA) is 94.1 Å². The van der Waals surface area contributed by atoms with E-state index in [1.807, 2.05) is 0 Å². The van der Waals surface area contributed by atoms with Crippen molar-refractivity contribution in [3.8, 4) is 0 Å². The summed E-state index contributed by atoms with van der Waals surface area (Å²) >= 11 is 0. The molecule has 17 heavy (non-hydrogen) atoms. The fourth-order valence-corrected chi connectivity index (χ4v) is 1.37. The summed E-state index contributed by atoms with van der Waals surface area (Å²) < 4.78 is 0. The Hall–Kier alpha value is -2.63. The second-order valence-electron chi connectivity index (χ2n) is 3.39. The molecule has 3 N–H and O–H groups in total. The number of hydrogen-bond acceptors (Lipinski definition) is 5. The second-order valence-corrected chi connectivity index (χ2v) is 3.39. The summed E-state index contributed by atoms with van der Waals surface area (Å²) in [4.78, 5) is 14.0. The number of benzene rings is 1. The molecule has 0 amide bonds. The Kier molecular flexibility index (Phi) is 2.87. The third-order valence-electron chi connectivity index (χ3n) is 2.21. The average Bonchev–Trinajstić information content (AvgIpc) is 2.33. The number of non-ortho nitro benzene ring substituents is 1. The molecule has 6 nitrogen and oxygen atoms in total. The summed E-state index contributed by atoms with van der Waals surface area (Å²) in [5, 5.41) is 13.6. The Balaban J connectivity index is 2.26. The molecule has 2 aromatic rings. The molecule has 1 aromatic heterocycles. The summed E-state index contributed by atoms with van der Waals surface area (Å²) in [6.45, 7) is 0. The van der Waals surface area contributed by atoms with Crippen molar-refractivity contribution in [2.45, 2.75) is 0 Å². The van der Waals surface area contributed by atoms with E-state index in [1.165, 1.54) is 12.1 Å². The van der Waals surface area contributed by atoms with Crippen molar-refractivity contribution in [2.24, 2.45) is 0 Å². The third-order valence-corrected chi connectivity index (χ3v) is 2.21. The largest absolute Gasteiger partial charge is 0.397 e. The number of pyridine rings is 1. The van der Waals surface area contributed by atoms with Gasteiger partial charge in [-0.3, -0.25) is 15.1 Å². The molecule has 0 bridgehead atoms. The lowest BCUT2D eigenvalue weighted by Gasteiger charge is -2.08. The van der Waals surface area contributed by atoms with E-state index in [-0.39, 0.29) is 5.69 Å². The Bertz CT molecular complexity index is 542. The first-order valence-corrected chi connectivity index (χ1v) is 4.88. The Labute approximate surface area is 97.3 Å². The molecule has 0 saturated carbocycles. The summed E-state index contributed by atoms with van der Waals surface area (Å²) in [5.41, 5.74) is 7.48. The number of nitro groups is 1. The van der Waals surface area contributed by atoms with Crippen molar-refractivity contribution in [3.63, 3.8) is 0 Å². The lowest BCUT2D eigenvalue weighted by molar-refractivity contribution is -0.384. The van der Waals surface area contributed by atoms with Crippen LogP contribution in [0.25, 0.3) is 0 Å². The molecule has 0 spiro atoms. The first kappa shape index (κ1) is 10.9. The molecule has 0 aliphatic rings. The highest BCUT2D eigenvalue weighted by Crippen LogP contribution is 2.26. The van der Waals surface area contributed by atoms with Crippen LogP contribution < -0.4 is 11.1 Å². The fraction of sp³-hybridized carbons (Fsp3) is 0. The van der Waals surface area contributed by atoms with Gasteiger partial charge in [-0.1, -0.05) is 0 Å². The summed E-state index contributed by atoms with van der Waals surface area (Å²) in [6.07, 6.45) is 3.29. The molecule has 0 saturated heterocycles. The number of nitrogens with two attached hydrogens (primary N) is 1. The standard InChI is InChI=1S/C11H10N4O2/c12-10-7-9(15(16)17)1-2-11(10)14-8-3-5-13-6-4-8/h1-7H,12H2,(H,13,14). The zero-order chi connectivity index (χ0) is 12.3. The van der Waals surface area contributed by atoms with Crippen molar-refractivity contribution in [2.75, 3.05) is 11.1 Å². The number of rotatable bonds is 3. The highest BCUT2D eigenvalue weighted by Gasteiger charge is 2.08. The molecular formula is C11H10N4O2. The van der Waals surface area contributed by atoms with E-state index < -0.39 is 4.92 Å². The Morgan fingerprint density at radius 1 is 1.24 bits per heavy atom. The van der Waals surface area contributed by atoms with Crippen molar-refractivity contribution in [1.82, 2.24) is 4.98 Å². The first-order valence-electron chi connectivity index (χ1n) is 4.88. The minimum Gasteiger partial charge on any atom is -0.397 e. The van der Waals surface area contributed by atoms with E-state index in [0.717, 1.165) is 5.69 Å². The van der Waals surface area contributed by atoms with Crippen LogP contribution in [0, 0.1) is 10.1 Å². The summed E-state index contributed by atoms with van der Waals surface area (Å²) in [7, 11) is 0. The predicted molar refractivity (Wildman–Crippen MR) is 65.0 cm³/mol. The van der Waals surface area contributed by atoms with Gasteiger partial charge in [0.15, 0.2) is 0 Å². The lowest BCUT2D eigenvalue weighted by Crippen LogP contribution is -1.98. The van der Waals surface area contributed by atoms with E-state index >= 15 is 0 Å². The number of nitro benzene ring substituents is 1. The van der Waals surface area contributed by atoms with Gasteiger partial charge in [-0.15, -0.1) is 0 Å². The van der Waals surface area contributed by atoms with Crippen molar-refractivity contribution >= 4 is 22.7 Å². The Morgan fingerprint density at radius 3 is 2.53 bits per heavy atom. The number of hydrogen-bond donors (Lipinski definition) is 2. The van der Waals surface area contributed by atoms with Gasteiger partial charge in [0.1, 0.15) is 0 Å². The smallest absolute Gasteiger partial charge is 0.271 e. The number of nitrogens with zero attached hydrogens (tertiary/aromatic N) is 2. The molecule has 0 radical (unpaired) electrons. The maximum absolute atomic E-state index is 10.5. The van der Waals surface area contributed by atoms with E-state index in [1.54, 1.807) is 30.6 Å². The monoisotopic (exact) mass is 230 g/mol. The maximum atomic E-state index is 10.5. The van der Waals surface area contributed by atoms with Gasteiger partial charge in [0.25, 0.3) is 5.69 Å². The maximum Gasteiger partial charge on any atom is 0.271 e. The predicted octanol–water partition coefficient (Wildman–Crippen LogP) is 2.32. The number of nitrogens with one attached hydrogen (secondary N) is 1. The molecule has 0 fully saturated rings.